The lowest BCUT2D eigenvalue weighted by Crippen LogP contribution is -1.85. The molecule has 6 aromatic rings. The van der Waals surface area contributed by atoms with Gasteiger partial charge in [-0.2, -0.15) is 0 Å². The van der Waals surface area contributed by atoms with E-state index < -0.39 is 0 Å². The molecule has 0 atom stereocenters. The van der Waals surface area contributed by atoms with Gasteiger partial charge in [0.15, 0.2) is 0 Å². The van der Waals surface area contributed by atoms with Gasteiger partial charge in [-0.25, -0.2) is 0 Å². The van der Waals surface area contributed by atoms with Gasteiger partial charge in [-0.1, -0.05) is 60.7 Å². The summed E-state index contributed by atoms with van der Waals surface area (Å²) >= 11 is 0. The molecule has 33 heavy (non-hydrogen) atoms. The molecule has 3 heteroatoms. The highest BCUT2D eigenvalue weighted by atomic mass is 14.7. The van der Waals surface area contributed by atoms with Crippen molar-refractivity contribution < 1.29 is 0 Å². The van der Waals surface area contributed by atoms with E-state index in [4.69, 9.17) is 0 Å². The predicted octanol–water partition coefficient (Wildman–Crippen LogP) is 7.87. The number of fused-ring (bicyclic) bond motifs is 3. The molecular weight excluding hydrogens is 402 g/mol. The molecule has 0 saturated carbocycles. The Morgan fingerprint density at radius 2 is 1.21 bits per heavy atom. The van der Waals surface area contributed by atoms with Crippen LogP contribution >= 0.6 is 0 Å². The average molecular weight is 432 g/mol. The first kappa shape index (κ1) is 22.2. The number of aromatic amines is 1. The maximum Gasteiger partial charge on any atom is 0.0734 e. The van der Waals surface area contributed by atoms with E-state index in [0.717, 1.165) is 16.7 Å². The third-order valence-corrected chi connectivity index (χ3v) is 5.71. The Hall–Kier alpha value is -3.98. The van der Waals surface area contributed by atoms with E-state index >= 15 is 0 Å². The number of benzene rings is 3. The molecule has 0 aliphatic carbocycles. The van der Waals surface area contributed by atoms with Crippen LogP contribution in [0, 0.1) is 27.7 Å². The van der Waals surface area contributed by atoms with Gasteiger partial charge < -0.3 is 4.98 Å². The maximum absolute atomic E-state index is 4.48. The number of aromatic nitrogens is 3. The fraction of sp³-hybridized carbons (Fsp3) is 0.133. The summed E-state index contributed by atoms with van der Waals surface area (Å²) in [6.45, 7) is 8.31. The Balaban J connectivity index is 0.000000118. The zero-order valence-corrected chi connectivity index (χ0v) is 19.6. The molecule has 0 radical (unpaired) electrons. The molecule has 0 aliphatic rings. The zero-order valence-electron chi connectivity index (χ0n) is 19.6. The average Bonchev–Trinajstić information content (AvgIpc) is 3.32. The summed E-state index contributed by atoms with van der Waals surface area (Å²) < 4.78 is 0. The minimum absolute atomic E-state index is 1.08. The van der Waals surface area contributed by atoms with Crippen LogP contribution in [0.1, 0.15) is 22.4 Å². The van der Waals surface area contributed by atoms with Crippen molar-refractivity contribution >= 4 is 32.7 Å². The smallest absolute Gasteiger partial charge is 0.0734 e. The Morgan fingerprint density at radius 3 is 1.94 bits per heavy atom. The van der Waals surface area contributed by atoms with E-state index in [9.17, 15) is 0 Å². The SMILES string of the molecule is Cc1ccc2cccc(C)c2n1.Cc1cccc2[nH]ccc12.Cc1cccc2cccnc12. The molecule has 0 unspecified atom stereocenters. The third-order valence-electron chi connectivity index (χ3n) is 5.71. The van der Waals surface area contributed by atoms with Crippen molar-refractivity contribution in [3.8, 4) is 0 Å². The van der Waals surface area contributed by atoms with Crippen LogP contribution in [0.3, 0.4) is 0 Å². The first-order chi connectivity index (χ1) is 16.0. The first-order valence-electron chi connectivity index (χ1n) is 11.2. The normalized spacial score (nSPS) is 10.4. The fourth-order valence-corrected chi connectivity index (χ4v) is 3.89. The number of hydrogen-bond acceptors (Lipinski definition) is 2. The van der Waals surface area contributed by atoms with Crippen molar-refractivity contribution in [2.24, 2.45) is 0 Å². The van der Waals surface area contributed by atoms with Crippen molar-refractivity contribution in [2.75, 3.05) is 0 Å². The van der Waals surface area contributed by atoms with Crippen molar-refractivity contribution in [1.82, 2.24) is 15.0 Å². The van der Waals surface area contributed by atoms with Crippen molar-refractivity contribution in [2.45, 2.75) is 27.7 Å². The number of rotatable bonds is 0. The quantitative estimate of drug-likeness (QED) is 0.266. The number of hydrogen-bond donors (Lipinski definition) is 1. The first-order valence-corrected chi connectivity index (χ1v) is 11.2. The predicted molar refractivity (Wildman–Crippen MR) is 141 cm³/mol. The van der Waals surface area contributed by atoms with Gasteiger partial charge in [0.1, 0.15) is 0 Å². The van der Waals surface area contributed by atoms with Gasteiger partial charge in [0.2, 0.25) is 0 Å². The van der Waals surface area contributed by atoms with Crippen LogP contribution in [0.4, 0.5) is 0 Å². The molecule has 0 amide bonds. The topological polar surface area (TPSA) is 41.6 Å². The summed E-state index contributed by atoms with van der Waals surface area (Å²) in [5.74, 6) is 0. The molecule has 1 N–H and O–H groups in total. The number of H-pyrrole nitrogens is 1. The lowest BCUT2D eigenvalue weighted by Gasteiger charge is -2.00. The van der Waals surface area contributed by atoms with Gasteiger partial charge in [-0.3, -0.25) is 9.97 Å². The van der Waals surface area contributed by atoms with Gasteiger partial charge in [-0.15, -0.1) is 0 Å². The second-order valence-electron chi connectivity index (χ2n) is 8.26. The summed E-state index contributed by atoms with van der Waals surface area (Å²) in [4.78, 5) is 11.9. The molecule has 3 heterocycles. The Kier molecular flexibility index (Phi) is 6.80. The number of para-hydroxylation sites is 2. The highest BCUT2D eigenvalue weighted by molar-refractivity contribution is 5.83. The molecule has 0 spiro atoms. The van der Waals surface area contributed by atoms with Gasteiger partial charge >= 0.3 is 0 Å². The Bertz CT molecular complexity index is 1510. The third kappa shape index (κ3) is 5.27. The van der Waals surface area contributed by atoms with Gasteiger partial charge in [0.25, 0.3) is 0 Å². The second kappa shape index (κ2) is 10.1. The standard InChI is InChI=1S/C11H11N.C10H9N.C9H9N/c1-8-4-3-5-10-7-6-9(2)12-11(8)10;1-8-4-2-5-9-6-3-7-11-10(8)9;1-7-3-2-4-9-8(7)5-6-10-9/h3-7H,1-2H3;2-7H,1H3;2-6,10H,1H3. The van der Waals surface area contributed by atoms with E-state index in [0.29, 0.717) is 0 Å². The minimum Gasteiger partial charge on any atom is -0.361 e. The lowest BCUT2D eigenvalue weighted by atomic mass is 10.1. The van der Waals surface area contributed by atoms with Crippen molar-refractivity contribution in [3.05, 3.63) is 120 Å². The highest BCUT2D eigenvalue weighted by Gasteiger charge is 1.97. The summed E-state index contributed by atoms with van der Waals surface area (Å²) in [6.07, 6.45) is 3.80. The summed E-state index contributed by atoms with van der Waals surface area (Å²) in [7, 11) is 0. The van der Waals surface area contributed by atoms with E-state index in [1.807, 2.05) is 31.5 Å². The second-order valence-corrected chi connectivity index (χ2v) is 8.26. The lowest BCUT2D eigenvalue weighted by molar-refractivity contribution is 1.24. The van der Waals surface area contributed by atoms with Crippen LogP contribution in [-0.4, -0.2) is 15.0 Å². The van der Waals surface area contributed by atoms with Gasteiger partial charge in [-0.05, 0) is 68.7 Å². The molecule has 0 bridgehead atoms. The molecule has 0 saturated heterocycles. The van der Waals surface area contributed by atoms with Crippen LogP contribution in [0.25, 0.3) is 32.7 Å². The molecule has 3 aromatic carbocycles. The maximum atomic E-state index is 4.48. The Morgan fingerprint density at radius 1 is 0.576 bits per heavy atom. The number of pyridine rings is 2. The number of nitrogens with zero attached hydrogens (tertiary/aromatic N) is 2. The molecule has 0 fully saturated rings. The molecule has 0 aliphatic heterocycles. The van der Waals surface area contributed by atoms with Gasteiger partial charge in [0, 0.05) is 39.8 Å². The molecule has 164 valence electrons. The molecule has 3 aromatic heterocycles. The van der Waals surface area contributed by atoms with Crippen LogP contribution < -0.4 is 0 Å². The van der Waals surface area contributed by atoms with E-state index in [2.05, 4.69) is 109 Å². The summed E-state index contributed by atoms with van der Waals surface area (Å²) in [6, 6.07) is 29.0. The zero-order chi connectivity index (χ0) is 23.2. The molecule has 6 rings (SSSR count). The van der Waals surface area contributed by atoms with Crippen molar-refractivity contribution in [3.63, 3.8) is 0 Å². The fourth-order valence-electron chi connectivity index (χ4n) is 3.89. The monoisotopic (exact) mass is 431 g/mol. The Labute approximate surface area is 195 Å². The van der Waals surface area contributed by atoms with Crippen molar-refractivity contribution in [1.29, 1.82) is 0 Å². The van der Waals surface area contributed by atoms with E-state index in [-0.39, 0.29) is 0 Å². The highest BCUT2D eigenvalue weighted by Crippen LogP contribution is 2.16. The summed E-state index contributed by atoms with van der Waals surface area (Å²) in [5.41, 5.74) is 8.35. The number of aryl methyl sites for hydroxylation is 4. The summed E-state index contributed by atoms with van der Waals surface area (Å²) in [5, 5.41) is 3.76. The van der Waals surface area contributed by atoms with Crippen LogP contribution in [-0.2, 0) is 0 Å². The van der Waals surface area contributed by atoms with E-state index in [1.54, 1.807) is 0 Å². The van der Waals surface area contributed by atoms with Gasteiger partial charge in [0.05, 0.1) is 11.0 Å². The molecule has 3 nitrogen and oxygen atoms in total. The largest absolute Gasteiger partial charge is 0.361 e. The number of nitrogens with one attached hydrogen (secondary N) is 1. The van der Waals surface area contributed by atoms with Crippen LogP contribution in [0.15, 0.2) is 97.3 Å². The van der Waals surface area contributed by atoms with Crippen LogP contribution in [0.5, 0.6) is 0 Å². The molecular formula is C30H29N3. The van der Waals surface area contributed by atoms with Crippen LogP contribution in [0.2, 0.25) is 0 Å². The van der Waals surface area contributed by atoms with E-state index in [1.165, 1.54) is 38.4 Å². The minimum atomic E-state index is 1.08.